The van der Waals surface area contributed by atoms with Crippen LogP contribution in [0.3, 0.4) is 0 Å². The molecule has 13 heavy (non-hydrogen) atoms. The number of hydrogen-bond donors (Lipinski definition) is 1. The Balaban J connectivity index is 1.91. The number of rotatable bonds is 2. The van der Waals surface area contributed by atoms with Crippen molar-refractivity contribution in [2.45, 2.75) is 17.7 Å². The molecule has 2 atom stereocenters. The minimum absolute atomic E-state index is 0.394. The lowest BCUT2D eigenvalue weighted by atomic mass is 10.2. The van der Waals surface area contributed by atoms with E-state index in [-0.39, 0.29) is 0 Å². The van der Waals surface area contributed by atoms with Crippen LogP contribution in [0.2, 0.25) is 0 Å². The van der Waals surface area contributed by atoms with Crippen molar-refractivity contribution in [2.75, 3.05) is 6.54 Å². The van der Waals surface area contributed by atoms with Gasteiger partial charge in [-0.3, -0.25) is 0 Å². The molecule has 2 rings (SSSR count). The predicted octanol–water partition coefficient (Wildman–Crippen LogP) is 2.08. The van der Waals surface area contributed by atoms with E-state index in [1.165, 1.54) is 11.5 Å². The van der Waals surface area contributed by atoms with Crippen LogP contribution in [0.25, 0.3) is 6.08 Å². The van der Waals surface area contributed by atoms with Crippen molar-refractivity contribution in [2.24, 2.45) is 0 Å². The average Bonchev–Trinajstić information content (AvgIpc) is 2.71. The Bertz CT molecular complexity index is 282. The molecule has 0 aliphatic carbocycles. The van der Waals surface area contributed by atoms with Crippen LogP contribution < -0.4 is 5.32 Å². The van der Waals surface area contributed by atoms with E-state index in [0.717, 1.165) is 18.7 Å². The molecule has 1 aliphatic heterocycles. The molecule has 1 aromatic rings. The summed E-state index contributed by atoms with van der Waals surface area (Å²) in [5, 5.41) is 5.73. The molecule has 0 bridgehead atoms. The number of hydrogen-bond acceptors (Lipinski definition) is 3. The molecule has 1 fully saturated rings. The van der Waals surface area contributed by atoms with Gasteiger partial charge in [0.25, 0.3) is 0 Å². The minimum atomic E-state index is 0.394. The molecule has 1 radical (unpaired) electrons. The van der Waals surface area contributed by atoms with Gasteiger partial charge in [-0.05, 0) is 30.1 Å². The van der Waals surface area contributed by atoms with Gasteiger partial charge in [0, 0.05) is 23.2 Å². The summed E-state index contributed by atoms with van der Waals surface area (Å²) in [6, 6.07) is 2.46. The molecular weight excluding hydrogens is 200 g/mol. The summed E-state index contributed by atoms with van der Waals surface area (Å²) in [5.41, 5.74) is 1.04. The highest BCUT2D eigenvalue weighted by Gasteiger charge is 2.18. The molecule has 1 N–H and O–H groups in total. The van der Waals surface area contributed by atoms with Gasteiger partial charge in [-0.15, -0.1) is 0 Å². The lowest BCUT2D eigenvalue weighted by Gasteiger charge is -2.00. The first-order chi connectivity index (χ1) is 6.34. The van der Waals surface area contributed by atoms with Gasteiger partial charge in [-0.25, -0.2) is 0 Å². The average molecular weight is 211 g/mol. The molecule has 2 nitrogen and oxygen atoms in total. The van der Waals surface area contributed by atoms with Gasteiger partial charge in [0.2, 0.25) is 0 Å². The number of nitrogens with zero attached hydrogens (tertiary/aromatic N) is 1. The third-order valence-electron chi connectivity index (χ3n) is 2.08. The Morgan fingerprint density at radius 3 is 3.23 bits per heavy atom. The van der Waals surface area contributed by atoms with E-state index in [9.17, 15) is 0 Å². The fourth-order valence-corrected chi connectivity index (χ4v) is 2.21. The molecule has 69 valence electrons. The predicted molar refractivity (Wildman–Crippen MR) is 58.9 cm³/mol. The van der Waals surface area contributed by atoms with E-state index in [2.05, 4.69) is 21.8 Å². The molecular formula is C9H11N2S2. The number of nitrogens with one attached hydrogen (secondary N) is 1. The van der Waals surface area contributed by atoms with Gasteiger partial charge in [-0.2, -0.15) is 4.37 Å². The Kier molecular flexibility index (Phi) is 3.03. The van der Waals surface area contributed by atoms with Crippen molar-refractivity contribution < 1.29 is 0 Å². The quantitative estimate of drug-likeness (QED) is 0.810. The van der Waals surface area contributed by atoms with Crippen LogP contribution in [-0.2, 0) is 0 Å². The first-order valence-electron chi connectivity index (χ1n) is 4.32. The van der Waals surface area contributed by atoms with Crippen molar-refractivity contribution in [3.63, 3.8) is 0 Å². The maximum absolute atomic E-state index is 5.18. The van der Waals surface area contributed by atoms with Crippen molar-refractivity contribution in [3.8, 4) is 0 Å². The van der Waals surface area contributed by atoms with Gasteiger partial charge in [0.05, 0.1) is 5.69 Å². The number of aromatic nitrogens is 1. The minimum Gasteiger partial charge on any atom is -0.309 e. The Morgan fingerprint density at radius 2 is 2.62 bits per heavy atom. The van der Waals surface area contributed by atoms with Crippen LogP contribution in [-0.4, -0.2) is 22.2 Å². The zero-order chi connectivity index (χ0) is 9.10. The molecule has 4 heteroatoms. The maximum atomic E-state index is 5.18. The first-order valence-corrected chi connectivity index (χ1v) is 5.63. The van der Waals surface area contributed by atoms with Crippen molar-refractivity contribution in [3.05, 3.63) is 23.2 Å². The van der Waals surface area contributed by atoms with E-state index in [0.29, 0.717) is 11.3 Å². The molecule has 0 saturated carbocycles. The monoisotopic (exact) mass is 211 g/mol. The van der Waals surface area contributed by atoms with E-state index in [1.807, 2.05) is 11.4 Å². The van der Waals surface area contributed by atoms with Crippen LogP contribution in [0.4, 0.5) is 0 Å². The van der Waals surface area contributed by atoms with Crippen LogP contribution in [0.15, 0.2) is 17.5 Å². The summed E-state index contributed by atoms with van der Waals surface area (Å²) in [5.74, 6) is 0. The summed E-state index contributed by atoms with van der Waals surface area (Å²) in [7, 11) is 0. The van der Waals surface area contributed by atoms with Crippen molar-refractivity contribution in [1.29, 1.82) is 0 Å². The van der Waals surface area contributed by atoms with Gasteiger partial charge in [0.15, 0.2) is 0 Å². The second kappa shape index (κ2) is 4.26. The third kappa shape index (κ3) is 2.56. The smallest absolute Gasteiger partial charge is 0.0765 e. The van der Waals surface area contributed by atoms with Crippen LogP contribution >= 0.6 is 24.2 Å². The van der Waals surface area contributed by atoms with E-state index in [4.69, 9.17) is 12.6 Å². The zero-order valence-electron chi connectivity index (χ0n) is 7.14. The summed E-state index contributed by atoms with van der Waals surface area (Å²) in [6.45, 7) is 0.960. The second-order valence-electron chi connectivity index (χ2n) is 3.16. The summed E-state index contributed by atoms with van der Waals surface area (Å²) < 4.78 is 4.20. The summed E-state index contributed by atoms with van der Waals surface area (Å²) >= 11 is 6.66. The lowest BCUT2D eigenvalue weighted by molar-refractivity contribution is 0.730. The highest BCUT2D eigenvalue weighted by atomic mass is 32.1. The molecule has 0 aromatic carbocycles. The first kappa shape index (κ1) is 9.24. The Hall–Kier alpha value is -0.320. The molecule has 0 spiro atoms. The third-order valence-corrected chi connectivity index (χ3v) is 3.01. The van der Waals surface area contributed by atoms with Crippen LogP contribution in [0.5, 0.6) is 0 Å². The molecule has 1 saturated heterocycles. The zero-order valence-corrected chi connectivity index (χ0v) is 8.78. The Labute approximate surface area is 87.6 Å². The molecule has 2 unspecified atom stereocenters. The SMILES string of the molecule is [S]C1CNC(C=Cc2ccsn2)C1. The molecule has 1 aliphatic rings. The van der Waals surface area contributed by atoms with Crippen molar-refractivity contribution in [1.82, 2.24) is 9.69 Å². The van der Waals surface area contributed by atoms with E-state index >= 15 is 0 Å². The van der Waals surface area contributed by atoms with E-state index in [1.54, 1.807) is 0 Å². The summed E-state index contributed by atoms with van der Waals surface area (Å²) in [4.78, 5) is 0. The van der Waals surface area contributed by atoms with E-state index < -0.39 is 0 Å². The largest absolute Gasteiger partial charge is 0.309 e. The highest BCUT2D eigenvalue weighted by Crippen LogP contribution is 2.14. The second-order valence-corrected chi connectivity index (χ2v) is 4.49. The molecule has 1 aromatic heterocycles. The topological polar surface area (TPSA) is 24.9 Å². The fraction of sp³-hybridized carbons (Fsp3) is 0.444. The van der Waals surface area contributed by atoms with Gasteiger partial charge < -0.3 is 5.32 Å². The molecule has 2 heterocycles. The van der Waals surface area contributed by atoms with Crippen LogP contribution in [0.1, 0.15) is 12.1 Å². The summed E-state index contributed by atoms with van der Waals surface area (Å²) in [6.07, 6.45) is 5.28. The Morgan fingerprint density at radius 1 is 1.69 bits per heavy atom. The van der Waals surface area contributed by atoms with Gasteiger partial charge in [-0.1, -0.05) is 18.7 Å². The highest BCUT2D eigenvalue weighted by molar-refractivity contribution is 7.81. The fourth-order valence-electron chi connectivity index (χ4n) is 1.40. The van der Waals surface area contributed by atoms with Crippen molar-refractivity contribution >= 4 is 30.2 Å². The van der Waals surface area contributed by atoms with Gasteiger partial charge in [0.1, 0.15) is 0 Å². The molecule has 0 amide bonds. The standard InChI is InChI=1S/C9H11N2S2/c12-9-5-8(10-6-9)2-1-7-3-4-13-11-7/h1-4,8-10H,5-6H2. The van der Waals surface area contributed by atoms with Crippen LogP contribution in [0, 0.1) is 0 Å². The van der Waals surface area contributed by atoms with Gasteiger partial charge >= 0.3 is 0 Å². The lowest BCUT2D eigenvalue weighted by Crippen LogP contribution is -2.18. The maximum Gasteiger partial charge on any atom is 0.0765 e. The normalized spacial score (nSPS) is 28.7.